The molecule has 0 heterocycles. The Balaban J connectivity index is 3.69. The Morgan fingerprint density at radius 3 is 2.42 bits per heavy atom. The second-order valence-electron chi connectivity index (χ2n) is 2.70. The highest BCUT2D eigenvalue weighted by Crippen LogP contribution is 2.12. The van der Waals surface area contributed by atoms with Crippen molar-refractivity contribution in [2.75, 3.05) is 6.61 Å². The first-order valence-electron chi connectivity index (χ1n) is 4.59. The molecule has 1 unspecified atom stereocenters. The molecule has 0 saturated heterocycles. The molecule has 1 atom stereocenters. The van der Waals surface area contributed by atoms with Gasteiger partial charge in [-0.05, 0) is 19.8 Å². The number of carbonyl (C=O) groups excluding carboxylic acids is 1. The summed E-state index contributed by atoms with van der Waals surface area (Å²) in [5.74, 6) is -0.234. The van der Waals surface area contributed by atoms with Crippen LogP contribution in [-0.2, 0) is 14.6 Å². The molecule has 0 amide bonds. The van der Waals surface area contributed by atoms with Gasteiger partial charge in [-0.1, -0.05) is 20.3 Å². The number of hydrogen-bond acceptors (Lipinski definition) is 3. The highest BCUT2D eigenvalue weighted by atomic mass is 17.2. The summed E-state index contributed by atoms with van der Waals surface area (Å²) in [5.41, 5.74) is 0. The van der Waals surface area contributed by atoms with Crippen LogP contribution in [0.15, 0.2) is 0 Å². The molecule has 0 aliphatic heterocycles. The molecule has 0 bridgehead atoms. The normalized spacial score (nSPS) is 12.6. The van der Waals surface area contributed by atoms with E-state index < -0.39 is 0 Å². The van der Waals surface area contributed by atoms with Gasteiger partial charge in [-0.15, -0.1) is 0 Å². The minimum Gasteiger partial charge on any atom is -0.298 e. The molecule has 0 radical (unpaired) electrons. The van der Waals surface area contributed by atoms with Crippen LogP contribution >= 0.6 is 0 Å². The lowest BCUT2D eigenvalue weighted by atomic mass is 10.0. The van der Waals surface area contributed by atoms with E-state index in [2.05, 4.69) is 16.7 Å². The Hall–Kier alpha value is -0.570. The first kappa shape index (κ1) is 11.4. The van der Waals surface area contributed by atoms with Crippen molar-refractivity contribution in [3.63, 3.8) is 0 Å². The molecular formula is C9H18O3. The summed E-state index contributed by atoms with van der Waals surface area (Å²) < 4.78 is 0. The molecular weight excluding hydrogens is 156 g/mol. The van der Waals surface area contributed by atoms with Crippen molar-refractivity contribution in [2.24, 2.45) is 5.92 Å². The first-order chi connectivity index (χ1) is 5.76. The smallest absolute Gasteiger partial charge is 0.298 e. The molecule has 0 fully saturated rings. The topological polar surface area (TPSA) is 35.5 Å². The zero-order valence-electron chi connectivity index (χ0n) is 8.13. The molecule has 3 nitrogen and oxygen atoms in total. The number of carbonyl (C=O) groups is 1. The van der Waals surface area contributed by atoms with Crippen molar-refractivity contribution < 1.29 is 14.6 Å². The molecule has 0 aliphatic carbocycles. The van der Waals surface area contributed by atoms with Crippen LogP contribution in [0, 0.1) is 5.92 Å². The fourth-order valence-corrected chi connectivity index (χ4v) is 1.02. The van der Waals surface area contributed by atoms with Crippen LogP contribution in [0.2, 0.25) is 0 Å². The molecule has 0 aromatic heterocycles. The predicted octanol–water partition coefficient (Wildman–Crippen LogP) is 2.31. The molecule has 0 saturated carbocycles. The lowest BCUT2D eigenvalue weighted by Gasteiger charge is -2.10. The maximum absolute atomic E-state index is 11.2. The second kappa shape index (κ2) is 7.10. The van der Waals surface area contributed by atoms with E-state index in [-0.39, 0.29) is 11.9 Å². The van der Waals surface area contributed by atoms with Gasteiger partial charge in [0.1, 0.15) is 0 Å². The van der Waals surface area contributed by atoms with Crippen LogP contribution in [0.4, 0.5) is 0 Å². The maximum atomic E-state index is 11.2. The Labute approximate surface area is 74.0 Å². The predicted molar refractivity (Wildman–Crippen MR) is 46.4 cm³/mol. The third-order valence-corrected chi connectivity index (χ3v) is 1.72. The Bertz CT molecular complexity index is 123. The van der Waals surface area contributed by atoms with Gasteiger partial charge in [-0.2, -0.15) is 4.89 Å². The van der Waals surface area contributed by atoms with Gasteiger partial charge < -0.3 is 0 Å². The monoisotopic (exact) mass is 174 g/mol. The van der Waals surface area contributed by atoms with Gasteiger partial charge in [-0.3, -0.25) is 4.89 Å². The van der Waals surface area contributed by atoms with Gasteiger partial charge >= 0.3 is 5.97 Å². The Morgan fingerprint density at radius 2 is 2.00 bits per heavy atom. The summed E-state index contributed by atoms with van der Waals surface area (Å²) in [5, 5.41) is 0. The van der Waals surface area contributed by atoms with E-state index in [1.165, 1.54) is 0 Å². The van der Waals surface area contributed by atoms with Crippen LogP contribution in [0.25, 0.3) is 0 Å². The molecule has 0 aromatic rings. The van der Waals surface area contributed by atoms with Crippen molar-refractivity contribution in [2.45, 2.75) is 40.0 Å². The van der Waals surface area contributed by atoms with E-state index >= 15 is 0 Å². The third kappa shape index (κ3) is 4.34. The van der Waals surface area contributed by atoms with E-state index in [1.54, 1.807) is 6.92 Å². The minimum atomic E-state index is -0.235. The molecule has 3 heteroatoms. The second-order valence-corrected chi connectivity index (χ2v) is 2.70. The van der Waals surface area contributed by atoms with Crippen LogP contribution in [-0.4, -0.2) is 12.6 Å². The molecule has 0 aromatic carbocycles. The van der Waals surface area contributed by atoms with Crippen molar-refractivity contribution >= 4 is 5.97 Å². The van der Waals surface area contributed by atoms with Gasteiger partial charge in [0, 0.05) is 0 Å². The summed E-state index contributed by atoms with van der Waals surface area (Å²) in [6, 6.07) is 0. The van der Waals surface area contributed by atoms with E-state index in [0.717, 1.165) is 19.3 Å². The quantitative estimate of drug-likeness (QED) is 0.458. The van der Waals surface area contributed by atoms with Crippen LogP contribution < -0.4 is 0 Å². The van der Waals surface area contributed by atoms with Crippen molar-refractivity contribution in [1.29, 1.82) is 0 Å². The number of hydrogen-bond donors (Lipinski definition) is 0. The summed E-state index contributed by atoms with van der Waals surface area (Å²) in [4.78, 5) is 20.3. The summed E-state index contributed by atoms with van der Waals surface area (Å²) in [6.07, 6.45) is 2.70. The Morgan fingerprint density at radius 1 is 1.33 bits per heavy atom. The standard InChI is InChI=1S/C9H18O3/c1-4-7-8(5-2)9(10)12-11-6-3/h8H,4-7H2,1-3H3. The van der Waals surface area contributed by atoms with Crippen molar-refractivity contribution in [3.05, 3.63) is 0 Å². The summed E-state index contributed by atoms with van der Waals surface area (Å²) in [6.45, 7) is 6.23. The lowest BCUT2D eigenvalue weighted by Crippen LogP contribution is -2.17. The van der Waals surface area contributed by atoms with Crippen LogP contribution in [0.1, 0.15) is 40.0 Å². The van der Waals surface area contributed by atoms with Crippen molar-refractivity contribution in [3.8, 4) is 0 Å². The van der Waals surface area contributed by atoms with Gasteiger partial charge in [0.2, 0.25) is 0 Å². The summed E-state index contributed by atoms with van der Waals surface area (Å²) >= 11 is 0. The Kier molecular flexibility index (Phi) is 6.76. The number of rotatable bonds is 6. The minimum absolute atomic E-state index is 0.00144. The first-order valence-corrected chi connectivity index (χ1v) is 4.59. The summed E-state index contributed by atoms with van der Waals surface area (Å²) in [7, 11) is 0. The third-order valence-electron chi connectivity index (χ3n) is 1.72. The largest absolute Gasteiger partial charge is 0.345 e. The molecule has 12 heavy (non-hydrogen) atoms. The van der Waals surface area contributed by atoms with E-state index in [4.69, 9.17) is 0 Å². The zero-order valence-corrected chi connectivity index (χ0v) is 8.13. The lowest BCUT2D eigenvalue weighted by molar-refractivity contribution is -0.273. The SMILES string of the molecule is CCCC(CC)C(=O)OOCC. The van der Waals surface area contributed by atoms with Gasteiger partial charge in [0.25, 0.3) is 0 Å². The average molecular weight is 174 g/mol. The molecule has 0 N–H and O–H groups in total. The highest BCUT2D eigenvalue weighted by molar-refractivity contribution is 5.71. The van der Waals surface area contributed by atoms with Gasteiger partial charge in [-0.25, -0.2) is 4.79 Å². The molecule has 0 aliphatic rings. The molecule has 72 valence electrons. The zero-order chi connectivity index (χ0) is 9.40. The van der Waals surface area contributed by atoms with Crippen molar-refractivity contribution in [1.82, 2.24) is 0 Å². The van der Waals surface area contributed by atoms with Gasteiger partial charge in [0.15, 0.2) is 0 Å². The fraction of sp³-hybridized carbons (Fsp3) is 0.889. The fourth-order valence-electron chi connectivity index (χ4n) is 1.02. The van der Waals surface area contributed by atoms with Crippen LogP contribution in [0.5, 0.6) is 0 Å². The highest BCUT2D eigenvalue weighted by Gasteiger charge is 2.17. The molecule has 0 spiro atoms. The van der Waals surface area contributed by atoms with E-state index in [9.17, 15) is 4.79 Å². The molecule has 0 rings (SSSR count). The van der Waals surface area contributed by atoms with Crippen LogP contribution in [0.3, 0.4) is 0 Å². The van der Waals surface area contributed by atoms with E-state index in [0.29, 0.717) is 6.61 Å². The van der Waals surface area contributed by atoms with Gasteiger partial charge in [0.05, 0.1) is 12.5 Å². The average Bonchev–Trinajstić information content (AvgIpc) is 2.10. The van der Waals surface area contributed by atoms with E-state index in [1.807, 2.05) is 6.92 Å². The maximum Gasteiger partial charge on any atom is 0.345 e.